The normalized spacial score (nSPS) is 11.7. The molecule has 3 rings (SSSR count). The Hall–Kier alpha value is -3.03. The zero-order valence-electron chi connectivity index (χ0n) is 14.5. The van der Waals surface area contributed by atoms with Crippen LogP contribution in [0.25, 0.3) is 10.9 Å². The number of carbonyl (C=O) groups is 1. The second-order valence-electron chi connectivity index (χ2n) is 6.14. The highest BCUT2D eigenvalue weighted by Crippen LogP contribution is 2.22. The monoisotopic (exact) mass is 378 g/mol. The Morgan fingerprint density at radius 3 is 2.59 bits per heavy atom. The molecule has 0 spiro atoms. The minimum Gasteiger partial charge on any atom is -0.467 e. The maximum absolute atomic E-state index is 13.0. The number of aromatic nitrogens is 1. The Morgan fingerprint density at radius 1 is 1.19 bits per heavy atom. The molecule has 27 heavy (non-hydrogen) atoms. The number of amides is 1. The van der Waals surface area contributed by atoms with Crippen molar-refractivity contribution < 1.29 is 22.4 Å². The first kappa shape index (κ1) is 18.8. The zero-order chi connectivity index (χ0) is 19.6. The van der Waals surface area contributed by atoms with Crippen LogP contribution < -0.4 is 5.56 Å². The van der Waals surface area contributed by atoms with Crippen molar-refractivity contribution >= 4 is 16.8 Å². The van der Waals surface area contributed by atoms with Crippen molar-refractivity contribution in [2.75, 3.05) is 0 Å². The van der Waals surface area contributed by atoms with Crippen LogP contribution in [0.3, 0.4) is 0 Å². The number of alkyl halides is 3. The van der Waals surface area contributed by atoms with Crippen LogP contribution >= 0.6 is 0 Å². The number of halogens is 3. The number of rotatable bonds is 5. The van der Waals surface area contributed by atoms with Gasteiger partial charge in [0.05, 0.1) is 19.4 Å². The van der Waals surface area contributed by atoms with E-state index in [2.05, 4.69) is 4.98 Å². The standard InChI is InChI=1S/C19H17F3N2O3/c1-2-12-5-6-16-13(8-12)9-14(17(25)23-16)10-24(18(26)19(20,21)22)11-15-4-3-7-27-15/h3-9H,2,10-11H2,1H3,(H,23,25). The highest BCUT2D eigenvalue weighted by Gasteiger charge is 2.42. The minimum absolute atomic E-state index is 0.0694. The first-order valence-electron chi connectivity index (χ1n) is 8.31. The molecule has 1 N–H and O–H groups in total. The Labute approximate surface area is 152 Å². The summed E-state index contributed by atoms with van der Waals surface area (Å²) < 4.78 is 44.0. The predicted octanol–water partition coefficient (Wildman–Crippen LogP) is 3.77. The fourth-order valence-electron chi connectivity index (χ4n) is 2.81. The van der Waals surface area contributed by atoms with E-state index in [1.54, 1.807) is 6.07 Å². The third kappa shape index (κ3) is 4.21. The topological polar surface area (TPSA) is 66.3 Å². The van der Waals surface area contributed by atoms with Crippen LogP contribution in [0.2, 0.25) is 0 Å². The van der Waals surface area contributed by atoms with E-state index in [9.17, 15) is 22.8 Å². The smallest absolute Gasteiger partial charge is 0.467 e. The van der Waals surface area contributed by atoms with Gasteiger partial charge < -0.3 is 14.3 Å². The lowest BCUT2D eigenvalue weighted by molar-refractivity contribution is -0.187. The van der Waals surface area contributed by atoms with E-state index < -0.39 is 30.7 Å². The van der Waals surface area contributed by atoms with Crippen LogP contribution in [0.4, 0.5) is 13.2 Å². The number of aryl methyl sites for hydroxylation is 1. The number of benzene rings is 1. The van der Waals surface area contributed by atoms with Gasteiger partial charge in [-0.05, 0) is 47.7 Å². The Kier molecular flexibility index (Phi) is 5.07. The van der Waals surface area contributed by atoms with E-state index in [4.69, 9.17) is 4.42 Å². The van der Waals surface area contributed by atoms with Gasteiger partial charge in [0.15, 0.2) is 0 Å². The number of nitrogens with one attached hydrogen (secondary N) is 1. The molecule has 2 aromatic heterocycles. The molecule has 142 valence electrons. The maximum atomic E-state index is 13.0. The summed E-state index contributed by atoms with van der Waals surface area (Å²) in [7, 11) is 0. The quantitative estimate of drug-likeness (QED) is 0.735. The Bertz CT molecular complexity index is 1010. The summed E-state index contributed by atoms with van der Waals surface area (Å²) in [4.78, 5) is 27.3. The van der Waals surface area contributed by atoms with Crippen molar-refractivity contribution in [3.63, 3.8) is 0 Å². The summed E-state index contributed by atoms with van der Waals surface area (Å²) in [6.45, 7) is 1.10. The number of pyridine rings is 1. The average Bonchev–Trinajstić information content (AvgIpc) is 3.13. The van der Waals surface area contributed by atoms with E-state index >= 15 is 0 Å². The van der Waals surface area contributed by atoms with Crippen molar-refractivity contribution in [1.82, 2.24) is 9.88 Å². The highest BCUT2D eigenvalue weighted by molar-refractivity contribution is 5.82. The fourth-order valence-corrected chi connectivity index (χ4v) is 2.81. The molecule has 1 amide bonds. The molecule has 8 heteroatoms. The van der Waals surface area contributed by atoms with Crippen LogP contribution in [0.15, 0.2) is 51.9 Å². The predicted molar refractivity (Wildman–Crippen MR) is 93.0 cm³/mol. The molecule has 0 unspecified atom stereocenters. The summed E-state index contributed by atoms with van der Waals surface area (Å²) in [5, 5.41) is 0.696. The van der Waals surface area contributed by atoms with Gasteiger partial charge in [-0.3, -0.25) is 9.59 Å². The van der Waals surface area contributed by atoms with Crippen molar-refractivity contribution in [3.8, 4) is 0 Å². The van der Waals surface area contributed by atoms with Gasteiger partial charge in [-0.15, -0.1) is 0 Å². The number of H-pyrrole nitrogens is 1. The maximum Gasteiger partial charge on any atom is 0.471 e. The summed E-state index contributed by atoms with van der Waals surface area (Å²) in [6.07, 6.45) is -2.96. The summed E-state index contributed by atoms with van der Waals surface area (Å²) in [6, 6.07) is 9.98. The molecule has 0 radical (unpaired) electrons. The van der Waals surface area contributed by atoms with Gasteiger partial charge in [-0.1, -0.05) is 13.0 Å². The van der Waals surface area contributed by atoms with Crippen LogP contribution in [0, 0.1) is 0 Å². The van der Waals surface area contributed by atoms with E-state index in [-0.39, 0.29) is 11.3 Å². The number of fused-ring (bicyclic) bond motifs is 1. The Morgan fingerprint density at radius 2 is 1.96 bits per heavy atom. The van der Waals surface area contributed by atoms with Crippen LogP contribution in [0.1, 0.15) is 23.8 Å². The van der Waals surface area contributed by atoms with Gasteiger partial charge >= 0.3 is 12.1 Å². The van der Waals surface area contributed by atoms with Crippen molar-refractivity contribution in [2.24, 2.45) is 0 Å². The second-order valence-corrected chi connectivity index (χ2v) is 6.14. The molecule has 0 bridgehead atoms. The van der Waals surface area contributed by atoms with Crippen molar-refractivity contribution in [1.29, 1.82) is 0 Å². The minimum atomic E-state index is -5.05. The number of hydrogen-bond acceptors (Lipinski definition) is 3. The number of carbonyl (C=O) groups excluding carboxylic acids is 1. The fraction of sp³-hybridized carbons (Fsp3) is 0.263. The lowest BCUT2D eigenvalue weighted by Gasteiger charge is -2.22. The SMILES string of the molecule is CCc1ccc2[nH]c(=O)c(CN(Cc3ccco3)C(=O)C(F)(F)F)cc2c1. The van der Waals surface area contributed by atoms with Gasteiger partial charge in [0.1, 0.15) is 5.76 Å². The molecule has 0 aliphatic carbocycles. The lowest BCUT2D eigenvalue weighted by atomic mass is 10.1. The van der Waals surface area contributed by atoms with E-state index in [1.165, 1.54) is 24.5 Å². The van der Waals surface area contributed by atoms with Gasteiger partial charge in [-0.2, -0.15) is 13.2 Å². The third-order valence-corrected chi connectivity index (χ3v) is 4.21. The van der Waals surface area contributed by atoms with Crippen LogP contribution in [-0.2, 0) is 24.3 Å². The van der Waals surface area contributed by atoms with Crippen LogP contribution in [-0.4, -0.2) is 22.0 Å². The summed E-state index contributed by atoms with van der Waals surface area (Å²) in [5.41, 5.74) is 1.14. The van der Waals surface area contributed by atoms with E-state index in [0.29, 0.717) is 15.8 Å². The highest BCUT2D eigenvalue weighted by atomic mass is 19.4. The summed E-state index contributed by atoms with van der Waals surface area (Å²) >= 11 is 0. The average molecular weight is 378 g/mol. The molecular weight excluding hydrogens is 361 g/mol. The van der Waals surface area contributed by atoms with E-state index in [0.717, 1.165) is 12.0 Å². The first-order chi connectivity index (χ1) is 12.8. The molecule has 0 aliphatic heterocycles. The van der Waals surface area contributed by atoms with Gasteiger partial charge in [0.2, 0.25) is 0 Å². The number of furan rings is 1. The third-order valence-electron chi connectivity index (χ3n) is 4.21. The van der Waals surface area contributed by atoms with Gasteiger partial charge in [0, 0.05) is 11.1 Å². The number of nitrogens with zero attached hydrogens (tertiary/aromatic N) is 1. The molecule has 2 heterocycles. The molecule has 0 atom stereocenters. The van der Waals surface area contributed by atoms with Crippen molar-refractivity contribution in [3.05, 3.63) is 69.9 Å². The molecule has 5 nitrogen and oxygen atoms in total. The second kappa shape index (κ2) is 7.30. The Balaban J connectivity index is 1.97. The molecule has 0 aliphatic rings. The van der Waals surface area contributed by atoms with Crippen LogP contribution in [0.5, 0.6) is 0 Å². The summed E-state index contributed by atoms with van der Waals surface area (Å²) in [5.74, 6) is -1.83. The van der Waals surface area contributed by atoms with Crippen molar-refractivity contribution in [2.45, 2.75) is 32.6 Å². The molecule has 0 saturated heterocycles. The lowest BCUT2D eigenvalue weighted by Crippen LogP contribution is -2.41. The number of hydrogen-bond donors (Lipinski definition) is 1. The first-order valence-corrected chi connectivity index (χ1v) is 8.31. The molecular formula is C19H17F3N2O3. The van der Waals surface area contributed by atoms with E-state index in [1.807, 2.05) is 19.1 Å². The largest absolute Gasteiger partial charge is 0.471 e. The van der Waals surface area contributed by atoms with Gasteiger partial charge in [0.25, 0.3) is 5.56 Å². The molecule has 1 aromatic carbocycles. The van der Waals surface area contributed by atoms with Gasteiger partial charge in [-0.25, -0.2) is 0 Å². The number of aromatic amines is 1. The molecule has 0 saturated carbocycles. The molecule has 3 aromatic rings. The molecule has 0 fully saturated rings. The zero-order valence-corrected chi connectivity index (χ0v) is 14.5.